The second-order valence-electron chi connectivity index (χ2n) is 4.13. The van der Waals surface area contributed by atoms with Gasteiger partial charge in [-0.05, 0) is 23.3 Å². The molecule has 1 aromatic carbocycles. The van der Waals surface area contributed by atoms with Gasteiger partial charge in [0.25, 0.3) is 0 Å². The number of ether oxygens (including phenoxy) is 1. The maximum atomic E-state index is 9.32. The summed E-state index contributed by atoms with van der Waals surface area (Å²) in [7, 11) is 0. The first-order valence-corrected chi connectivity index (χ1v) is 5.80. The molecule has 4 heteroatoms. The van der Waals surface area contributed by atoms with Crippen LogP contribution in [0.3, 0.4) is 0 Å². The average molecular weight is 237 g/mol. The standard InChI is InChI=1S/C14H11N3O/c15-9-12(14-16-5-1-6-17-14)10-2-3-13-11(8-10)4-7-18-13/h1-3,5-6,8,12H,4,7H2. The van der Waals surface area contributed by atoms with E-state index in [0.717, 1.165) is 29.9 Å². The van der Waals surface area contributed by atoms with E-state index in [0.29, 0.717) is 5.82 Å². The third kappa shape index (κ3) is 1.80. The first-order chi connectivity index (χ1) is 8.88. The number of aromatic nitrogens is 2. The van der Waals surface area contributed by atoms with E-state index in [2.05, 4.69) is 16.0 Å². The Balaban J connectivity index is 2.01. The summed E-state index contributed by atoms with van der Waals surface area (Å²) >= 11 is 0. The monoisotopic (exact) mass is 237 g/mol. The van der Waals surface area contributed by atoms with Gasteiger partial charge in [0, 0.05) is 18.8 Å². The fraction of sp³-hybridized carbons (Fsp3) is 0.214. The van der Waals surface area contributed by atoms with Crippen molar-refractivity contribution in [3.63, 3.8) is 0 Å². The van der Waals surface area contributed by atoms with E-state index in [1.165, 1.54) is 0 Å². The van der Waals surface area contributed by atoms with Crippen LogP contribution in [-0.4, -0.2) is 16.6 Å². The average Bonchev–Trinajstić information content (AvgIpc) is 2.88. The van der Waals surface area contributed by atoms with Crippen molar-refractivity contribution in [3.05, 3.63) is 53.6 Å². The predicted octanol–water partition coefficient (Wildman–Crippen LogP) is 2.07. The SMILES string of the molecule is N#CC(c1ccc2c(c1)CCO2)c1ncccn1. The van der Waals surface area contributed by atoms with Gasteiger partial charge in [-0.25, -0.2) is 9.97 Å². The topological polar surface area (TPSA) is 58.8 Å². The van der Waals surface area contributed by atoms with Crippen LogP contribution in [0.4, 0.5) is 0 Å². The summed E-state index contributed by atoms with van der Waals surface area (Å²) < 4.78 is 5.46. The number of hydrogen-bond donors (Lipinski definition) is 0. The third-order valence-corrected chi connectivity index (χ3v) is 3.02. The van der Waals surface area contributed by atoms with Gasteiger partial charge in [0.05, 0.1) is 12.7 Å². The molecule has 1 aliphatic heterocycles. The molecule has 1 aliphatic rings. The highest BCUT2D eigenvalue weighted by atomic mass is 16.5. The summed E-state index contributed by atoms with van der Waals surface area (Å²) in [6, 6.07) is 9.86. The van der Waals surface area contributed by atoms with Gasteiger partial charge < -0.3 is 4.74 Å². The van der Waals surface area contributed by atoms with Crippen LogP contribution in [0, 0.1) is 11.3 Å². The van der Waals surface area contributed by atoms with E-state index in [9.17, 15) is 5.26 Å². The first-order valence-electron chi connectivity index (χ1n) is 5.80. The number of benzene rings is 1. The zero-order chi connectivity index (χ0) is 12.4. The van der Waals surface area contributed by atoms with Crippen LogP contribution in [0.1, 0.15) is 22.9 Å². The Morgan fingerprint density at radius 3 is 2.89 bits per heavy atom. The highest BCUT2D eigenvalue weighted by Gasteiger charge is 2.19. The number of nitrogens with zero attached hydrogens (tertiary/aromatic N) is 3. The van der Waals surface area contributed by atoms with Crippen LogP contribution in [0.15, 0.2) is 36.7 Å². The van der Waals surface area contributed by atoms with Crippen molar-refractivity contribution in [3.8, 4) is 11.8 Å². The minimum Gasteiger partial charge on any atom is -0.493 e. The van der Waals surface area contributed by atoms with Crippen molar-refractivity contribution >= 4 is 0 Å². The van der Waals surface area contributed by atoms with Gasteiger partial charge >= 0.3 is 0 Å². The molecule has 18 heavy (non-hydrogen) atoms. The summed E-state index contributed by atoms with van der Waals surface area (Å²) in [4.78, 5) is 8.31. The summed E-state index contributed by atoms with van der Waals surface area (Å²) in [6.45, 7) is 0.720. The lowest BCUT2D eigenvalue weighted by Crippen LogP contribution is -2.03. The van der Waals surface area contributed by atoms with Crippen molar-refractivity contribution in [1.29, 1.82) is 5.26 Å². The largest absolute Gasteiger partial charge is 0.493 e. The van der Waals surface area contributed by atoms with Gasteiger partial charge in [-0.2, -0.15) is 5.26 Å². The van der Waals surface area contributed by atoms with Crippen molar-refractivity contribution in [2.24, 2.45) is 0 Å². The molecular formula is C14H11N3O. The molecule has 1 aromatic heterocycles. The Morgan fingerprint density at radius 2 is 2.11 bits per heavy atom. The van der Waals surface area contributed by atoms with Gasteiger partial charge in [0.2, 0.25) is 0 Å². The molecule has 0 saturated carbocycles. The molecule has 1 unspecified atom stereocenters. The lowest BCUT2D eigenvalue weighted by Gasteiger charge is -2.09. The van der Waals surface area contributed by atoms with Crippen molar-refractivity contribution < 1.29 is 4.74 Å². The first kappa shape index (κ1) is 10.7. The highest BCUT2D eigenvalue weighted by Crippen LogP contribution is 2.30. The molecule has 2 heterocycles. The zero-order valence-corrected chi connectivity index (χ0v) is 9.71. The molecule has 0 bridgehead atoms. The molecule has 0 spiro atoms. The summed E-state index contributed by atoms with van der Waals surface area (Å²) in [5.41, 5.74) is 2.08. The fourth-order valence-electron chi connectivity index (χ4n) is 2.13. The molecular weight excluding hydrogens is 226 g/mol. The fourth-order valence-corrected chi connectivity index (χ4v) is 2.13. The van der Waals surface area contributed by atoms with Crippen LogP contribution in [0.2, 0.25) is 0 Å². The second kappa shape index (κ2) is 4.46. The van der Waals surface area contributed by atoms with Crippen LogP contribution in [0.5, 0.6) is 5.75 Å². The summed E-state index contributed by atoms with van der Waals surface area (Å²) in [5.74, 6) is 1.04. The number of fused-ring (bicyclic) bond motifs is 1. The Kier molecular flexibility index (Phi) is 2.66. The normalized spacial score (nSPS) is 14.4. The summed E-state index contributed by atoms with van der Waals surface area (Å²) in [5, 5.41) is 9.32. The lowest BCUT2D eigenvalue weighted by atomic mass is 9.97. The molecule has 0 aliphatic carbocycles. The van der Waals surface area contributed by atoms with Gasteiger partial charge in [-0.1, -0.05) is 12.1 Å². The molecule has 0 saturated heterocycles. The van der Waals surface area contributed by atoms with Crippen LogP contribution in [-0.2, 0) is 6.42 Å². The number of hydrogen-bond acceptors (Lipinski definition) is 4. The predicted molar refractivity (Wildman–Crippen MR) is 65.1 cm³/mol. The number of nitriles is 1. The molecule has 2 aromatic rings. The maximum absolute atomic E-state index is 9.32. The van der Waals surface area contributed by atoms with E-state index in [1.807, 2.05) is 18.2 Å². The number of rotatable bonds is 2. The van der Waals surface area contributed by atoms with E-state index in [1.54, 1.807) is 18.5 Å². The van der Waals surface area contributed by atoms with E-state index in [4.69, 9.17) is 4.74 Å². The van der Waals surface area contributed by atoms with Crippen molar-refractivity contribution in [1.82, 2.24) is 9.97 Å². The Bertz CT molecular complexity index is 604. The highest BCUT2D eigenvalue weighted by molar-refractivity contribution is 5.43. The molecule has 3 rings (SSSR count). The Hall–Kier alpha value is -2.41. The maximum Gasteiger partial charge on any atom is 0.149 e. The van der Waals surface area contributed by atoms with Gasteiger partial charge in [0.15, 0.2) is 0 Å². The zero-order valence-electron chi connectivity index (χ0n) is 9.71. The van der Waals surface area contributed by atoms with Crippen LogP contribution < -0.4 is 4.74 Å². The van der Waals surface area contributed by atoms with E-state index < -0.39 is 5.92 Å². The minimum atomic E-state index is -0.419. The van der Waals surface area contributed by atoms with Gasteiger partial charge in [-0.3, -0.25) is 0 Å². The minimum absolute atomic E-state index is 0.419. The molecule has 0 radical (unpaired) electrons. The molecule has 88 valence electrons. The van der Waals surface area contributed by atoms with Gasteiger partial charge in [-0.15, -0.1) is 0 Å². The van der Waals surface area contributed by atoms with E-state index in [-0.39, 0.29) is 0 Å². The lowest BCUT2D eigenvalue weighted by molar-refractivity contribution is 0.357. The smallest absolute Gasteiger partial charge is 0.149 e. The van der Waals surface area contributed by atoms with Gasteiger partial charge in [0.1, 0.15) is 17.5 Å². The molecule has 4 nitrogen and oxygen atoms in total. The molecule has 0 N–H and O–H groups in total. The van der Waals surface area contributed by atoms with E-state index >= 15 is 0 Å². The summed E-state index contributed by atoms with van der Waals surface area (Å²) in [6.07, 6.45) is 4.21. The van der Waals surface area contributed by atoms with Crippen LogP contribution in [0.25, 0.3) is 0 Å². The third-order valence-electron chi connectivity index (χ3n) is 3.02. The molecule has 1 atom stereocenters. The van der Waals surface area contributed by atoms with Crippen molar-refractivity contribution in [2.75, 3.05) is 6.61 Å². The second-order valence-corrected chi connectivity index (χ2v) is 4.13. The van der Waals surface area contributed by atoms with Crippen LogP contribution >= 0.6 is 0 Å². The molecule has 0 amide bonds. The Morgan fingerprint density at radius 1 is 1.28 bits per heavy atom. The van der Waals surface area contributed by atoms with Crippen molar-refractivity contribution in [2.45, 2.75) is 12.3 Å². The quantitative estimate of drug-likeness (QED) is 0.802. The molecule has 0 fully saturated rings. The Labute approximate surface area is 105 Å².